The normalized spacial score (nSPS) is 30.2. The van der Waals surface area contributed by atoms with Gasteiger partial charge < -0.3 is 19.7 Å². The summed E-state index contributed by atoms with van der Waals surface area (Å²) in [5.74, 6) is 0. The predicted molar refractivity (Wildman–Crippen MR) is 93.7 cm³/mol. The third kappa shape index (κ3) is 4.18. The van der Waals surface area contributed by atoms with Crippen molar-refractivity contribution in [3.8, 4) is 0 Å². The number of rotatable bonds is 5. The fourth-order valence-electron chi connectivity index (χ4n) is 2.73. The third-order valence-electron chi connectivity index (χ3n) is 4.06. The van der Waals surface area contributed by atoms with Gasteiger partial charge in [-0.05, 0) is 24.6 Å². The first-order valence-electron chi connectivity index (χ1n) is 8.04. The molecule has 5 atom stereocenters. The number of aliphatic hydroxyl groups is 2. The van der Waals surface area contributed by atoms with Gasteiger partial charge >= 0.3 is 0 Å². The third-order valence-corrected chi connectivity index (χ3v) is 5.22. The molecule has 1 heterocycles. The minimum absolute atomic E-state index is 0.312. The van der Waals surface area contributed by atoms with Crippen LogP contribution in [0.15, 0.2) is 65.6 Å². The van der Waals surface area contributed by atoms with Crippen molar-refractivity contribution in [2.75, 3.05) is 0 Å². The van der Waals surface area contributed by atoms with Gasteiger partial charge in [-0.15, -0.1) is 0 Å². The van der Waals surface area contributed by atoms with Crippen molar-refractivity contribution in [1.29, 1.82) is 0 Å². The molecule has 24 heavy (non-hydrogen) atoms. The van der Waals surface area contributed by atoms with Crippen molar-refractivity contribution in [2.24, 2.45) is 0 Å². The quantitative estimate of drug-likeness (QED) is 0.872. The highest BCUT2D eigenvalue weighted by atomic mass is 32.2. The molecule has 0 spiro atoms. The molecule has 128 valence electrons. The van der Waals surface area contributed by atoms with Crippen LogP contribution in [0.3, 0.4) is 0 Å². The summed E-state index contributed by atoms with van der Waals surface area (Å²) in [6.07, 6.45) is -2.87. The average Bonchev–Trinajstić information content (AvgIpc) is 2.61. The Bertz CT molecular complexity index is 622. The van der Waals surface area contributed by atoms with Crippen molar-refractivity contribution in [2.45, 2.75) is 48.3 Å². The molecule has 1 aliphatic heterocycles. The summed E-state index contributed by atoms with van der Waals surface area (Å²) < 4.78 is 11.7. The zero-order valence-electron chi connectivity index (χ0n) is 13.5. The second-order valence-electron chi connectivity index (χ2n) is 5.88. The predicted octanol–water partition coefficient (Wildman–Crippen LogP) is 2.83. The molecule has 1 fully saturated rings. The van der Waals surface area contributed by atoms with Crippen molar-refractivity contribution in [1.82, 2.24) is 0 Å². The Kier molecular flexibility index (Phi) is 5.92. The Morgan fingerprint density at radius 3 is 2.25 bits per heavy atom. The second-order valence-corrected chi connectivity index (χ2v) is 7.05. The fraction of sp³-hybridized carbons (Fsp3) is 0.368. The van der Waals surface area contributed by atoms with Crippen LogP contribution in [-0.4, -0.2) is 40.1 Å². The van der Waals surface area contributed by atoms with Crippen molar-refractivity contribution in [3.05, 3.63) is 66.2 Å². The van der Waals surface area contributed by atoms with E-state index < -0.39 is 23.7 Å². The molecule has 2 aromatic carbocycles. The summed E-state index contributed by atoms with van der Waals surface area (Å²) in [4.78, 5) is 0.990. The molecule has 3 rings (SSSR count). The number of aliphatic hydroxyl groups excluding tert-OH is 2. The van der Waals surface area contributed by atoms with E-state index in [0.717, 1.165) is 10.5 Å². The lowest BCUT2D eigenvalue weighted by Crippen LogP contribution is -2.56. The molecule has 0 radical (unpaired) electrons. The SMILES string of the molecule is CC1OC(Sc2ccccc2)C(O)C(O)C1OCc1ccccc1. The highest BCUT2D eigenvalue weighted by Crippen LogP contribution is 2.34. The lowest BCUT2D eigenvalue weighted by molar-refractivity contribution is -0.212. The van der Waals surface area contributed by atoms with Gasteiger partial charge in [0.15, 0.2) is 0 Å². The maximum atomic E-state index is 10.5. The zero-order chi connectivity index (χ0) is 16.9. The van der Waals surface area contributed by atoms with E-state index in [1.165, 1.54) is 11.8 Å². The second kappa shape index (κ2) is 8.14. The van der Waals surface area contributed by atoms with E-state index in [4.69, 9.17) is 9.47 Å². The topological polar surface area (TPSA) is 58.9 Å². The highest BCUT2D eigenvalue weighted by Gasteiger charge is 2.43. The number of benzene rings is 2. The summed E-state index contributed by atoms with van der Waals surface area (Å²) in [6, 6.07) is 19.5. The molecule has 0 aromatic heterocycles. The van der Waals surface area contributed by atoms with E-state index in [2.05, 4.69) is 0 Å². The molecule has 2 N–H and O–H groups in total. The maximum Gasteiger partial charge on any atom is 0.136 e. The molecule has 5 unspecified atom stereocenters. The first kappa shape index (κ1) is 17.5. The molecule has 5 heteroatoms. The van der Waals surface area contributed by atoms with Crippen LogP contribution >= 0.6 is 11.8 Å². The summed E-state index contributed by atoms with van der Waals surface area (Å²) in [5.41, 5.74) is 0.501. The van der Waals surface area contributed by atoms with Gasteiger partial charge in [0.05, 0.1) is 12.7 Å². The summed E-state index contributed by atoms with van der Waals surface area (Å²) in [5, 5.41) is 20.9. The lowest BCUT2D eigenvalue weighted by atomic mass is 10.0. The molecule has 2 aromatic rings. The van der Waals surface area contributed by atoms with Crippen LogP contribution in [0.25, 0.3) is 0 Å². The molecular formula is C19H22O4S. The molecule has 0 bridgehead atoms. The van der Waals surface area contributed by atoms with Crippen LogP contribution in [0.2, 0.25) is 0 Å². The Morgan fingerprint density at radius 1 is 0.958 bits per heavy atom. The van der Waals surface area contributed by atoms with Gasteiger partial charge in [-0.25, -0.2) is 0 Å². The van der Waals surface area contributed by atoms with E-state index in [1.807, 2.05) is 67.6 Å². The Hall–Kier alpha value is -1.37. The summed E-state index contributed by atoms with van der Waals surface area (Å²) in [7, 11) is 0. The Balaban J connectivity index is 1.61. The number of hydrogen-bond donors (Lipinski definition) is 2. The van der Waals surface area contributed by atoms with E-state index >= 15 is 0 Å². The van der Waals surface area contributed by atoms with E-state index in [-0.39, 0.29) is 6.10 Å². The van der Waals surface area contributed by atoms with Crippen LogP contribution < -0.4 is 0 Å². The Morgan fingerprint density at radius 2 is 1.58 bits per heavy atom. The monoisotopic (exact) mass is 346 g/mol. The molecular weight excluding hydrogens is 324 g/mol. The van der Waals surface area contributed by atoms with Gasteiger partial charge in [0.25, 0.3) is 0 Å². The van der Waals surface area contributed by atoms with Crippen LogP contribution in [-0.2, 0) is 16.1 Å². The average molecular weight is 346 g/mol. The number of ether oxygens (including phenoxy) is 2. The van der Waals surface area contributed by atoms with Gasteiger partial charge in [0, 0.05) is 4.90 Å². The van der Waals surface area contributed by atoms with E-state index in [1.54, 1.807) is 0 Å². The molecule has 4 nitrogen and oxygen atoms in total. The molecule has 0 aliphatic carbocycles. The van der Waals surface area contributed by atoms with Crippen LogP contribution in [0, 0.1) is 0 Å². The van der Waals surface area contributed by atoms with Crippen LogP contribution in [0.1, 0.15) is 12.5 Å². The molecule has 1 aliphatic rings. The van der Waals surface area contributed by atoms with Gasteiger partial charge in [0.1, 0.15) is 23.7 Å². The fourth-order valence-corrected chi connectivity index (χ4v) is 3.85. The smallest absolute Gasteiger partial charge is 0.136 e. The van der Waals surface area contributed by atoms with Crippen LogP contribution in [0.4, 0.5) is 0 Å². The summed E-state index contributed by atoms with van der Waals surface area (Å²) >= 11 is 1.41. The largest absolute Gasteiger partial charge is 0.387 e. The van der Waals surface area contributed by atoms with Gasteiger partial charge in [0.2, 0.25) is 0 Å². The van der Waals surface area contributed by atoms with Crippen LogP contribution in [0.5, 0.6) is 0 Å². The number of hydrogen-bond acceptors (Lipinski definition) is 5. The summed E-state index contributed by atoms with van der Waals surface area (Å²) in [6.45, 7) is 2.24. The first-order chi connectivity index (χ1) is 11.6. The van der Waals surface area contributed by atoms with Crippen molar-refractivity contribution >= 4 is 11.8 Å². The zero-order valence-corrected chi connectivity index (χ0v) is 14.3. The van der Waals surface area contributed by atoms with Gasteiger partial charge in [-0.3, -0.25) is 0 Å². The Labute approximate surface area is 146 Å². The van der Waals surface area contributed by atoms with Crippen molar-refractivity contribution < 1.29 is 19.7 Å². The molecule has 0 amide bonds. The molecule has 0 saturated carbocycles. The van der Waals surface area contributed by atoms with E-state index in [0.29, 0.717) is 6.61 Å². The maximum absolute atomic E-state index is 10.5. The minimum Gasteiger partial charge on any atom is -0.387 e. The standard InChI is InChI=1S/C19H22O4S/c1-13-18(22-12-14-8-4-2-5-9-14)16(20)17(21)19(23-13)24-15-10-6-3-7-11-15/h2-11,13,16-21H,12H2,1H3. The minimum atomic E-state index is -1.01. The van der Waals surface area contributed by atoms with Gasteiger partial charge in [-0.2, -0.15) is 0 Å². The highest BCUT2D eigenvalue weighted by molar-refractivity contribution is 7.99. The van der Waals surface area contributed by atoms with Crippen molar-refractivity contribution in [3.63, 3.8) is 0 Å². The van der Waals surface area contributed by atoms with E-state index in [9.17, 15) is 10.2 Å². The lowest BCUT2D eigenvalue weighted by Gasteiger charge is -2.41. The molecule has 1 saturated heterocycles. The first-order valence-corrected chi connectivity index (χ1v) is 8.92. The van der Waals surface area contributed by atoms with Gasteiger partial charge in [-0.1, -0.05) is 60.3 Å². The number of thioether (sulfide) groups is 1.